The molecule has 0 bridgehead atoms. The Morgan fingerprint density at radius 2 is 1.98 bits per heavy atom. The van der Waals surface area contributed by atoms with E-state index in [0.29, 0.717) is 39.7 Å². The van der Waals surface area contributed by atoms with E-state index in [1.54, 1.807) is 48.5 Å². The summed E-state index contributed by atoms with van der Waals surface area (Å²) in [6, 6.07) is 15.3. The molecule has 4 unspecified atom stereocenters. The Morgan fingerprint density at radius 1 is 1.22 bits per heavy atom. The number of nitrogens with one attached hydrogen (secondary N) is 3. The lowest BCUT2D eigenvalue weighted by Gasteiger charge is -2.37. The molecule has 1 fully saturated rings. The van der Waals surface area contributed by atoms with Gasteiger partial charge in [-0.1, -0.05) is 50.6 Å². The van der Waals surface area contributed by atoms with Crippen LogP contribution in [0.5, 0.6) is 5.75 Å². The smallest absolute Gasteiger partial charge is 0.242 e. The van der Waals surface area contributed by atoms with Crippen LogP contribution >= 0.6 is 27.5 Å². The van der Waals surface area contributed by atoms with Crippen molar-refractivity contribution in [3.05, 3.63) is 86.6 Å². The Hall–Kier alpha value is -3.45. The van der Waals surface area contributed by atoms with Gasteiger partial charge in [-0.25, -0.2) is 4.39 Å². The van der Waals surface area contributed by atoms with Crippen LogP contribution < -0.4 is 20.7 Å². The number of anilines is 2. The SMILES string of the molecule is COc1cc(C#N)ccc1NC(=O)C1NC(CC(C)(C)C)C2(C(=O)Nc3cc(Cl)ccc32)C1c1cccc(Br)c1F. The van der Waals surface area contributed by atoms with Gasteiger partial charge in [0.25, 0.3) is 0 Å². The average molecular weight is 640 g/mol. The molecule has 3 aromatic rings. The number of rotatable bonds is 5. The van der Waals surface area contributed by atoms with Crippen molar-refractivity contribution in [2.75, 3.05) is 17.7 Å². The number of hydrogen-bond acceptors (Lipinski definition) is 5. The lowest BCUT2D eigenvalue weighted by molar-refractivity contribution is -0.122. The van der Waals surface area contributed by atoms with Crippen molar-refractivity contribution in [2.24, 2.45) is 5.41 Å². The highest BCUT2D eigenvalue weighted by Crippen LogP contribution is 2.57. The fraction of sp³-hybridized carbons (Fsp3) is 0.323. The van der Waals surface area contributed by atoms with Crippen LogP contribution in [0, 0.1) is 22.6 Å². The molecule has 7 nitrogen and oxygen atoms in total. The first kappa shape index (κ1) is 29.1. The fourth-order valence-electron chi connectivity index (χ4n) is 6.23. The topological polar surface area (TPSA) is 103 Å². The van der Waals surface area contributed by atoms with E-state index in [0.717, 1.165) is 0 Å². The first-order chi connectivity index (χ1) is 19.4. The Morgan fingerprint density at radius 3 is 2.66 bits per heavy atom. The van der Waals surface area contributed by atoms with Gasteiger partial charge in [0.15, 0.2) is 0 Å². The molecule has 0 aromatic heterocycles. The van der Waals surface area contributed by atoms with Gasteiger partial charge in [0.2, 0.25) is 11.8 Å². The Balaban J connectivity index is 1.71. The highest BCUT2D eigenvalue weighted by Gasteiger charge is 2.66. The van der Waals surface area contributed by atoms with E-state index in [2.05, 4.69) is 58.7 Å². The maximum atomic E-state index is 16.0. The molecular formula is C31H29BrClFN4O3. The molecule has 1 spiro atoms. The molecule has 0 saturated carbocycles. The van der Waals surface area contributed by atoms with Crippen LogP contribution in [0.2, 0.25) is 5.02 Å². The van der Waals surface area contributed by atoms with Gasteiger partial charge in [0, 0.05) is 28.7 Å². The lowest BCUT2D eigenvalue weighted by atomic mass is 9.62. The Bertz CT molecular complexity index is 1600. The molecular weight excluding hydrogens is 611 g/mol. The number of fused-ring (bicyclic) bond motifs is 2. The maximum absolute atomic E-state index is 16.0. The van der Waals surface area contributed by atoms with Crippen molar-refractivity contribution in [3.63, 3.8) is 0 Å². The molecule has 1 saturated heterocycles. The minimum atomic E-state index is -1.33. The molecule has 2 amide bonds. The zero-order valence-corrected chi connectivity index (χ0v) is 25.3. The number of methoxy groups -OCH3 is 1. The van der Waals surface area contributed by atoms with Crippen LogP contribution in [0.1, 0.15) is 49.8 Å². The van der Waals surface area contributed by atoms with Gasteiger partial charge in [0.05, 0.1) is 34.9 Å². The molecule has 3 N–H and O–H groups in total. The largest absolute Gasteiger partial charge is 0.495 e. The van der Waals surface area contributed by atoms with Gasteiger partial charge < -0.3 is 20.7 Å². The average Bonchev–Trinajstić information content (AvgIpc) is 3.39. The number of nitriles is 1. The molecule has 10 heteroatoms. The third-order valence-corrected chi connectivity index (χ3v) is 8.66. The van der Waals surface area contributed by atoms with Crippen LogP contribution in [0.15, 0.2) is 59.1 Å². The zero-order chi connectivity index (χ0) is 29.7. The fourth-order valence-corrected chi connectivity index (χ4v) is 6.78. The van der Waals surface area contributed by atoms with Crippen molar-refractivity contribution in [3.8, 4) is 11.8 Å². The van der Waals surface area contributed by atoms with Gasteiger partial charge in [-0.2, -0.15) is 5.26 Å². The third kappa shape index (κ3) is 4.99. The Labute approximate surface area is 251 Å². The lowest BCUT2D eigenvalue weighted by Crippen LogP contribution is -2.49. The number of nitrogens with zero attached hydrogens (tertiary/aromatic N) is 1. The van der Waals surface area contributed by atoms with Crippen LogP contribution in [0.25, 0.3) is 0 Å². The molecule has 0 radical (unpaired) electrons. The van der Waals surface area contributed by atoms with Gasteiger partial charge in [-0.3, -0.25) is 9.59 Å². The highest BCUT2D eigenvalue weighted by molar-refractivity contribution is 9.10. The van der Waals surface area contributed by atoms with E-state index in [4.69, 9.17) is 16.3 Å². The van der Waals surface area contributed by atoms with E-state index in [1.165, 1.54) is 13.2 Å². The van der Waals surface area contributed by atoms with Gasteiger partial charge in [0.1, 0.15) is 17.0 Å². The van der Waals surface area contributed by atoms with Gasteiger partial charge in [-0.05, 0) is 69.2 Å². The molecule has 4 atom stereocenters. The van der Waals surface area contributed by atoms with Crippen molar-refractivity contribution >= 4 is 50.7 Å². The number of benzene rings is 3. The second-order valence-corrected chi connectivity index (χ2v) is 12.9. The van der Waals surface area contributed by atoms with E-state index < -0.39 is 35.1 Å². The van der Waals surface area contributed by atoms with Gasteiger partial charge >= 0.3 is 0 Å². The van der Waals surface area contributed by atoms with E-state index in [1.807, 2.05) is 0 Å². The van der Waals surface area contributed by atoms with Gasteiger partial charge in [-0.15, -0.1) is 0 Å². The minimum Gasteiger partial charge on any atom is -0.495 e. The number of amides is 2. The van der Waals surface area contributed by atoms with E-state index in [9.17, 15) is 14.9 Å². The molecule has 5 rings (SSSR count). The molecule has 2 aliphatic heterocycles. The quantitative estimate of drug-likeness (QED) is 0.295. The summed E-state index contributed by atoms with van der Waals surface area (Å²) in [5.41, 5.74) is 0.572. The monoisotopic (exact) mass is 638 g/mol. The second-order valence-electron chi connectivity index (χ2n) is 11.6. The predicted octanol–water partition coefficient (Wildman–Crippen LogP) is 6.51. The maximum Gasteiger partial charge on any atom is 0.242 e. The minimum absolute atomic E-state index is 0.229. The van der Waals surface area contributed by atoms with E-state index in [-0.39, 0.29) is 21.4 Å². The number of hydrogen-bond donors (Lipinski definition) is 3. The predicted molar refractivity (Wildman–Crippen MR) is 160 cm³/mol. The first-order valence-corrected chi connectivity index (χ1v) is 14.3. The second kappa shape index (κ2) is 10.8. The summed E-state index contributed by atoms with van der Waals surface area (Å²) in [7, 11) is 1.44. The summed E-state index contributed by atoms with van der Waals surface area (Å²) in [6.45, 7) is 6.17. The molecule has 2 aliphatic rings. The number of halogens is 3. The van der Waals surface area contributed by atoms with Crippen LogP contribution in [0.4, 0.5) is 15.8 Å². The highest BCUT2D eigenvalue weighted by atomic mass is 79.9. The van der Waals surface area contributed by atoms with Crippen LogP contribution in [-0.4, -0.2) is 31.0 Å². The molecule has 212 valence electrons. The van der Waals surface area contributed by atoms with Crippen molar-refractivity contribution < 1.29 is 18.7 Å². The summed E-state index contributed by atoms with van der Waals surface area (Å²) >= 11 is 9.60. The zero-order valence-electron chi connectivity index (χ0n) is 22.9. The molecule has 3 aromatic carbocycles. The summed E-state index contributed by atoms with van der Waals surface area (Å²) in [6.07, 6.45) is 0.512. The van der Waals surface area contributed by atoms with Crippen molar-refractivity contribution in [1.82, 2.24) is 5.32 Å². The summed E-state index contributed by atoms with van der Waals surface area (Å²) in [4.78, 5) is 28.4. The summed E-state index contributed by atoms with van der Waals surface area (Å²) in [5, 5.41) is 19.1. The Kier molecular flexibility index (Phi) is 7.62. The standard InChI is InChI=1S/C31H29BrClFN4O3/c1-30(2,3)14-24-31(19-10-9-17(33)13-22(19)37-29(31)40)25(18-6-5-7-20(32)26(18)34)27(38-24)28(39)36-21-11-8-16(15-35)12-23(21)41-4/h5-13,24-25,27,38H,14H2,1-4H3,(H,36,39)(H,37,40). The van der Waals surface area contributed by atoms with Crippen LogP contribution in [0.3, 0.4) is 0 Å². The first-order valence-electron chi connectivity index (χ1n) is 13.1. The van der Waals surface area contributed by atoms with Crippen LogP contribution in [-0.2, 0) is 15.0 Å². The van der Waals surface area contributed by atoms with E-state index >= 15 is 4.39 Å². The summed E-state index contributed by atoms with van der Waals surface area (Å²) in [5.74, 6) is -1.96. The third-order valence-electron chi connectivity index (χ3n) is 7.81. The number of carbonyl (C=O) groups is 2. The number of carbonyl (C=O) groups excluding carboxylic acids is 2. The molecule has 41 heavy (non-hydrogen) atoms. The molecule has 2 heterocycles. The molecule has 0 aliphatic carbocycles. The summed E-state index contributed by atoms with van der Waals surface area (Å²) < 4.78 is 21.6. The normalized spacial score (nSPS) is 23.2. The van der Waals surface area contributed by atoms with Crippen molar-refractivity contribution in [2.45, 2.75) is 50.6 Å². The van der Waals surface area contributed by atoms with Crippen molar-refractivity contribution in [1.29, 1.82) is 5.26 Å². The number of ether oxygens (including phenoxy) is 1.